The van der Waals surface area contributed by atoms with Crippen LogP contribution in [-0.2, 0) is 0 Å². The molecule has 0 unspecified atom stereocenters. The van der Waals surface area contributed by atoms with Crippen LogP contribution in [-0.4, -0.2) is 15.3 Å². The Bertz CT molecular complexity index is 508. The van der Waals surface area contributed by atoms with Crippen molar-refractivity contribution in [3.05, 3.63) is 28.7 Å². The quantitative estimate of drug-likeness (QED) is 0.501. The lowest BCUT2D eigenvalue weighted by Gasteiger charge is -2.05. The highest BCUT2D eigenvalue weighted by Crippen LogP contribution is 2.40. The molecule has 72 valence electrons. The number of hydrogen-bond acceptors (Lipinski definition) is 3. The van der Waals surface area contributed by atoms with Gasteiger partial charge in [-0.15, -0.1) is 0 Å². The predicted octanol–water partition coefficient (Wildman–Crippen LogP) is 2.72. The predicted molar refractivity (Wildman–Crippen MR) is 56.6 cm³/mol. The van der Waals surface area contributed by atoms with Crippen LogP contribution < -0.4 is 0 Å². The summed E-state index contributed by atoms with van der Waals surface area (Å²) < 4.78 is 0.797. The zero-order chi connectivity index (χ0) is 10.3. The molecule has 0 saturated carbocycles. The fraction of sp³-hybridized carbons (Fsp3) is 0. The van der Waals surface area contributed by atoms with Crippen LogP contribution in [0.25, 0.3) is 10.8 Å². The lowest BCUT2D eigenvalue weighted by molar-refractivity contribution is 0.402. The molecule has 0 fully saturated rings. The molecular formula is C10H7BrO3. The van der Waals surface area contributed by atoms with Crippen LogP contribution in [0.2, 0.25) is 0 Å². The number of phenols is 3. The fourth-order valence-electron chi connectivity index (χ4n) is 1.35. The Balaban J connectivity index is 2.94. The topological polar surface area (TPSA) is 60.7 Å². The molecule has 0 aliphatic carbocycles. The summed E-state index contributed by atoms with van der Waals surface area (Å²) >= 11 is 3.25. The molecule has 0 aromatic heterocycles. The first-order valence-electron chi connectivity index (χ1n) is 3.93. The van der Waals surface area contributed by atoms with E-state index in [2.05, 4.69) is 15.9 Å². The summed E-state index contributed by atoms with van der Waals surface area (Å²) in [5.74, 6) is -0.598. The van der Waals surface area contributed by atoms with Crippen molar-refractivity contribution in [1.82, 2.24) is 0 Å². The Morgan fingerprint density at radius 3 is 2.29 bits per heavy atom. The lowest BCUT2D eigenvalue weighted by atomic mass is 10.1. The van der Waals surface area contributed by atoms with E-state index in [4.69, 9.17) is 0 Å². The van der Waals surface area contributed by atoms with Crippen LogP contribution >= 0.6 is 15.9 Å². The van der Waals surface area contributed by atoms with Crippen molar-refractivity contribution in [2.45, 2.75) is 0 Å². The number of phenolic OH excluding ortho intramolecular Hbond substituents is 3. The molecule has 2 aromatic rings. The van der Waals surface area contributed by atoms with E-state index >= 15 is 0 Å². The second-order valence-corrected chi connectivity index (χ2v) is 3.87. The second kappa shape index (κ2) is 3.06. The molecule has 14 heavy (non-hydrogen) atoms. The van der Waals surface area contributed by atoms with Gasteiger partial charge in [0.2, 0.25) is 0 Å². The number of hydrogen-bond donors (Lipinski definition) is 3. The van der Waals surface area contributed by atoms with Crippen molar-refractivity contribution < 1.29 is 15.3 Å². The van der Waals surface area contributed by atoms with E-state index in [1.807, 2.05) is 0 Å². The highest BCUT2D eigenvalue weighted by Gasteiger charge is 2.09. The highest BCUT2D eigenvalue weighted by atomic mass is 79.9. The first-order valence-corrected chi connectivity index (χ1v) is 4.72. The van der Waals surface area contributed by atoms with Gasteiger partial charge < -0.3 is 15.3 Å². The van der Waals surface area contributed by atoms with E-state index in [0.29, 0.717) is 10.8 Å². The molecule has 2 rings (SSSR count). The summed E-state index contributed by atoms with van der Waals surface area (Å²) in [4.78, 5) is 0. The third-order valence-electron chi connectivity index (χ3n) is 2.03. The SMILES string of the molecule is Oc1cc(O)c2cc(Br)ccc2c1O. The van der Waals surface area contributed by atoms with Gasteiger partial charge in [-0.2, -0.15) is 0 Å². The molecule has 0 bridgehead atoms. The molecule has 0 spiro atoms. The maximum atomic E-state index is 9.51. The van der Waals surface area contributed by atoms with Crippen LogP contribution in [0.4, 0.5) is 0 Å². The van der Waals surface area contributed by atoms with Crippen LogP contribution in [0.15, 0.2) is 28.7 Å². The van der Waals surface area contributed by atoms with E-state index in [-0.39, 0.29) is 17.2 Å². The zero-order valence-electron chi connectivity index (χ0n) is 7.03. The van der Waals surface area contributed by atoms with E-state index in [9.17, 15) is 15.3 Å². The molecule has 0 heterocycles. The van der Waals surface area contributed by atoms with Crippen molar-refractivity contribution in [2.24, 2.45) is 0 Å². The maximum absolute atomic E-state index is 9.51. The third-order valence-corrected chi connectivity index (χ3v) is 2.52. The van der Waals surface area contributed by atoms with Crippen LogP contribution in [0.5, 0.6) is 17.2 Å². The first kappa shape index (κ1) is 9.15. The van der Waals surface area contributed by atoms with E-state index in [1.54, 1.807) is 18.2 Å². The molecular weight excluding hydrogens is 248 g/mol. The van der Waals surface area contributed by atoms with Crippen LogP contribution in [0.1, 0.15) is 0 Å². The van der Waals surface area contributed by atoms with Gasteiger partial charge in [-0.3, -0.25) is 0 Å². The van der Waals surface area contributed by atoms with Gasteiger partial charge in [-0.25, -0.2) is 0 Å². The Hall–Kier alpha value is -1.42. The lowest BCUT2D eigenvalue weighted by Crippen LogP contribution is -1.77. The molecule has 0 amide bonds. The standard InChI is InChI=1S/C10H7BrO3/c11-5-1-2-6-7(3-5)8(12)4-9(13)10(6)14/h1-4,12-14H. The molecule has 2 aromatic carbocycles. The van der Waals surface area contributed by atoms with E-state index in [0.717, 1.165) is 10.5 Å². The van der Waals surface area contributed by atoms with Crippen molar-refractivity contribution in [3.63, 3.8) is 0 Å². The number of fused-ring (bicyclic) bond motifs is 1. The van der Waals surface area contributed by atoms with Crippen molar-refractivity contribution in [2.75, 3.05) is 0 Å². The molecule has 3 nitrogen and oxygen atoms in total. The summed E-state index contributed by atoms with van der Waals surface area (Å²) in [5.41, 5.74) is 0. The maximum Gasteiger partial charge on any atom is 0.165 e. The Labute approximate surface area is 88.4 Å². The minimum absolute atomic E-state index is 0.0587. The van der Waals surface area contributed by atoms with Crippen LogP contribution in [0.3, 0.4) is 0 Å². The molecule has 0 radical (unpaired) electrons. The molecule has 0 aliphatic heterocycles. The summed E-state index contributed by atoms with van der Waals surface area (Å²) in [6, 6.07) is 6.13. The number of benzene rings is 2. The van der Waals surface area contributed by atoms with E-state index < -0.39 is 0 Å². The molecule has 0 aliphatic rings. The van der Waals surface area contributed by atoms with Gasteiger partial charge in [0, 0.05) is 21.3 Å². The minimum atomic E-state index is -0.322. The first-order chi connectivity index (χ1) is 6.59. The fourth-order valence-corrected chi connectivity index (χ4v) is 1.71. The van der Waals surface area contributed by atoms with Crippen molar-refractivity contribution in [3.8, 4) is 17.2 Å². The summed E-state index contributed by atoms with van der Waals surface area (Å²) in [5, 5.41) is 29.2. The van der Waals surface area contributed by atoms with Gasteiger partial charge in [-0.05, 0) is 18.2 Å². The normalized spacial score (nSPS) is 10.6. The van der Waals surface area contributed by atoms with Gasteiger partial charge >= 0.3 is 0 Å². The Kier molecular flexibility index (Phi) is 2.00. The third kappa shape index (κ3) is 1.28. The van der Waals surface area contributed by atoms with Gasteiger partial charge in [-0.1, -0.05) is 15.9 Å². The molecule has 0 atom stereocenters. The Morgan fingerprint density at radius 2 is 1.57 bits per heavy atom. The average Bonchev–Trinajstić information content (AvgIpc) is 2.14. The van der Waals surface area contributed by atoms with Gasteiger partial charge in [0.25, 0.3) is 0 Å². The number of halogens is 1. The van der Waals surface area contributed by atoms with Crippen molar-refractivity contribution in [1.29, 1.82) is 0 Å². The Morgan fingerprint density at radius 1 is 0.857 bits per heavy atom. The smallest absolute Gasteiger partial charge is 0.165 e. The summed E-state index contributed by atoms with van der Waals surface area (Å²) in [7, 11) is 0. The number of aromatic hydroxyl groups is 3. The minimum Gasteiger partial charge on any atom is -0.507 e. The average molecular weight is 255 g/mol. The van der Waals surface area contributed by atoms with Crippen LogP contribution in [0, 0.1) is 0 Å². The second-order valence-electron chi connectivity index (χ2n) is 2.95. The zero-order valence-corrected chi connectivity index (χ0v) is 8.62. The van der Waals surface area contributed by atoms with Gasteiger partial charge in [0.05, 0.1) is 0 Å². The van der Waals surface area contributed by atoms with Crippen molar-refractivity contribution >= 4 is 26.7 Å². The monoisotopic (exact) mass is 254 g/mol. The highest BCUT2D eigenvalue weighted by molar-refractivity contribution is 9.10. The molecule has 0 saturated heterocycles. The van der Waals surface area contributed by atoms with Gasteiger partial charge in [0.15, 0.2) is 11.5 Å². The molecule has 4 heteroatoms. The molecule has 3 N–H and O–H groups in total. The number of rotatable bonds is 0. The largest absolute Gasteiger partial charge is 0.507 e. The summed E-state index contributed by atoms with van der Waals surface area (Å²) in [6.07, 6.45) is 0. The van der Waals surface area contributed by atoms with Gasteiger partial charge in [0.1, 0.15) is 5.75 Å². The van der Waals surface area contributed by atoms with E-state index in [1.165, 1.54) is 0 Å². The summed E-state index contributed by atoms with van der Waals surface area (Å²) in [6.45, 7) is 0.